The summed E-state index contributed by atoms with van der Waals surface area (Å²) in [4.78, 5) is 22.0. The Bertz CT molecular complexity index is 502. The van der Waals surface area contributed by atoms with E-state index in [0.29, 0.717) is 0 Å². The number of H-pyrrole nitrogens is 1. The van der Waals surface area contributed by atoms with E-state index in [9.17, 15) is 4.79 Å². The summed E-state index contributed by atoms with van der Waals surface area (Å²) in [6.45, 7) is 7.18. The first-order chi connectivity index (χ1) is 8.63. The lowest BCUT2D eigenvalue weighted by Crippen LogP contribution is -2.36. The van der Waals surface area contributed by atoms with Gasteiger partial charge in [-0.25, -0.2) is 4.98 Å². The summed E-state index contributed by atoms with van der Waals surface area (Å²) in [5.41, 5.74) is 2.00. The zero-order valence-electron chi connectivity index (χ0n) is 11.2. The summed E-state index contributed by atoms with van der Waals surface area (Å²) in [6.07, 6.45) is 3.61. The molecule has 1 N–H and O–H groups in total. The van der Waals surface area contributed by atoms with Crippen LogP contribution in [0.3, 0.4) is 0 Å². The summed E-state index contributed by atoms with van der Waals surface area (Å²) in [5.74, 6) is 2.01. The number of hydrogen-bond acceptors (Lipinski definition) is 3. The van der Waals surface area contributed by atoms with Gasteiger partial charge < -0.3 is 4.98 Å². The van der Waals surface area contributed by atoms with Crippen molar-refractivity contribution >= 4 is 0 Å². The third-order valence-corrected chi connectivity index (χ3v) is 3.93. The van der Waals surface area contributed by atoms with Gasteiger partial charge in [0.1, 0.15) is 5.82 Å². The average molecular weight is 247 g/mol. The molecular formula is C14H21N3O. The maximum atomic E-state index is 12.0. The van der Waals surface area contributed by atoms with Gasteiger partial charge in [0.25, 0.3) is 5.56 Å². The predicted molar refractivity (Wildman–Crippen MR) is 70.7 cm³/mol. The van der Waals surface area contributed by atoms with Gasteiger partial charge in [-0.05, 0) is 25.2 Å². The Balaban J connectivity index is 1.85. The molecule has 4 heteroatoms. The van der Waals surface area contributed by atoms with Crippen molar-refractivity contribution in [2.45, 2.75) is 45.6 Å². The Labute approximate surface area is 107 Å². The normalized spacial score (nSPS) is 20.2. The van der Waals surface area contributed by atoms with Crippen LogP contribution in [0.4, 0.5) is 0 Å². The van der Waals surface area contributed by atoms with Gasteiger partial charge in [0.15, 0.2) is 0 Å². The van der Waals surface area contributed by atoms with Crippen molar-refractivity contribution in [3.8, 4) is 0 Å². The fourth-order valence-electron chi connectivity index (χ4n) is 2.61. The molecule has 0 saturated heterocycles. The van der Waals surface area contributed by atoms with Gasteiger partial charge in [-0.2, -0.15) is 0 Å². The Hall–Kier alpha value is -1.16. The highest BCUT2D eigenvalue weighted by molar-refractivity contribution is 5.21. The van der Waals surface area contributed by atoms with E-state index in [-0.39, 0.29) is 11.5 Å². The van der Waals surface area contributed by atoms with Crippen LogP contribution in [-0.4, -0.2) is 28.0 Å². The molecule has 0 radical (unpaired) electrons. The van der Waals surface area contributed by atoms with E-state index in [1.54, 1.807) is 0 Å². The van der Waals surface area contributed by atoms with Gasteiger partial charge in [-0.3, -0.25) is 9.69 Å². The van der Waals surface area contributed by atoms with Crippen molar-refractivity contribution in [1.29, 1.82) is 0 Å². The standard InChI is InChI=1S/C14H21N3O/c1-9(2)13-15-12-8-17(7-10-3-4-10)6-5-11(12)14(18)16-13/h9-10H,3-8H2,1-2H3,(H,15,16,18). The number of aromatic amines is 1. The van der Waals surface area contributed by atoms with Gasteiger partial charge in [0, 0.05) is 31.1 Å². The summed E-state index contributed by atoms with van der Waals surface area (Å²) >= 11 is 0. The highest BCUT2D eigenvalue weighted by Gasteiger charge is 2.27. The molecule has 1 aromatic rings. The van der Waals surface area contributed by atoms with Crippen LogP contribution in [0.5, 0.6) is 0 Å². The molecule has 18 heavy (non-hydrogen) atoms. The first kappa shape index (κ1) is 11.9. The molecule has 0 spiro atoms. The molecule has 1 aromatic heterocycles. The first-order valence-electron chi connectivity index (χ1n) is 6.98. The third-order valence-electron chi connectivity index (χ3n) is 3.93. The van der Waals surface area contributed by atoms with Crippen molar-refractivity contribution in [2.24, 2.45) is 5.92 Å². The van der Waals surface area contributed by atoms with E-state index in [1.807, 2.05) is 0 Å². The highest BCUT2D eigenvalue weighted by atomic mass is 16.1. The van der Waals surface area contributed by atoms with Crippen LogP contribution < -0.4 is 5.56 Å². The van der Waals surface area contributed by atoms with Crippen LogP contribution in [0.25, 0.3) is 0 Å². The van der Waals surface area contributed by atoms with E-state index in [2.05, 4.69) is 28.7 Å². The van der Waals surface area contributed by atoms with E-state index in [1.165, 1.54) is 19.4 Å². The number of fused-ring (bicyclic) bond motifs is 1. The Morgan fingerprint density at radius 3 is 2.89 bits per heavy atom. The van der Waals surface area contributed by atoms with Crippen LogP contribution in [-0.2, 0) is 13.0 Å². The van der Waals surface area contributed by atoms with Crippen molar-refractivity contribution < 1.29 is 0 Å². The Morgan fingerprint density at radius 2 is 2.22 bits per heavy atom. The molecule has 0 atom stereocenters. The molecule has 1 saturated carbocycles. The van der Waals surface area contributed by atoms with E-state index in [4.69, 9.17) is 0 Å². The van der Waals surface area contributed by atoms with Crippen LogP contribution >= 0.6 is 0 Å². The zero-order valence-corrected chi connectivity index (χ0v) is 11.2. The molecule has 0 unspecified atom stereocenters. The molecule has 3 rings (SSSR count). The minimum absolute atomic E-state index is 0.0785. The highest BCUT2D eigenvalue weighted by Crippen LogP contribution is 2.31. The Kier molecular flexibility index (Phi) is 2.98. The van der Waals surface area contributed by atoms with Gasteiger partial charge in [-0.1, -0.05) is 13.8 Å². The zero-order chi connectivity index (χ0) is 12.7. The lowest BCUT2D eigenvalue weighted by atomic mass is 10.1. The average Bonchev–Trinajstić information content (AvgIpc) is 3.12. The van der Waals surface area contributed by atoms with Gasteiger partial charge in [0.05, 0.1) is 5.69 Å². The summed E-state index contributed by atoms with van der Waals surface area (Å²) in [7, 11) is 0. The monoisotopic (exact) mass is 247 g/mol. The molecule has 0 amide bonds. The van der Waals surface area contributed by atoms with Crippen LogP contribution in [0.1, 0.15) is 49.7 Å². The van der Waals surface area contributed by atoms with Crippen molar-refractivity contribution in [3.05, 3.63) is 27.4 Å². The fourth-order valence-corrected chi connectivity index (χ4v) is 2.61. The molecule has 2 aliphatic rings. The van der Waals surface area contributed by atoms with Crippen LogP contribution in [0, 0.1) is 5.92 Å². The summed E-state index contributed by atoms with van der Waals surface area (Å²) < 4.78 is 0. The number of aromatic nitrogens is 2. The van der Waals surface area contributed by atoms with E-state index < -0.39 is 0 Å². The maximum absolute atomic E-state index is 12.0. The molecular weight excluding hydrogens is 226 g/mol. The quantitative estimate of drug-likeness (QED) is 0.883. The molecule has 0 aromatic carbocycles. The molecule has 4 nitrogen and oxygen atoms in total. The second-order valence-electron chi connectivity index (χ2n) is 5.96. The number of rotatable bonds is 3. The summed E-state index contributed by atoms with van der Waals surface area (Å²) in [6, 6.07) is 0. The van der Waals surface area contributed by atoms with Crippen molar-refractivity contribution in [2.75, 3.05) is 13.1 Å². The Morgan fingerprint density at radius 1 is 1.44 bits per heavy atom. The lowest BCUT2D eigenvalue weighted by molar-refractivity contribution is 0.238. The molecule has 1 aliphatic carbocycles. The molecule has 98 valence electrons. The predicted octanol–water partition coefficient (Wildman–Crippen LogP) is 1.66. The van der Waals surface area contributed by atoms with Gasteiger partial charge >= 0.3 is 0 Å². The third kappa shape index (κ3) is 2.34. The topological polar surface area (TPSA) is 49.0 Å². The minimum atomic E-state index is 0.0785. The van der Waals surface area contributed by atoms with Crippen LogP contribution in [0.15, 0.2) is 4.79 Å². The van der Waals surface area contributed by atoms with E-state index in [0.717, 1.165) is 42.5 Å². The minimum Gasteiger partial charge on any atom is -0.310 e. The summed E-state index contributed by atoms with van der Waals surface area (Å²) in [5, 5.41) is 0. The van der Waals surface area contributed by atoms with Crippen molar-refractivity contribution in [1.82, 2.24) is 14.9 Å². The molecule has 0 bridgehead atoms. The van der Waals surface area contributed by atoms with Gasteiger partial charge in [0.2, 0.25) is 0 Å². The van der Waals surface area contributed by atoms with E-state index >= 15 is 0 Å². The number of nitrogens with zero attached hydrogens (tertiary/aromatic N) is 2. The number of nitrogens with one attached hydrogen (secondary N) is 1. The second kappa shape index (κ2) is 4.50. The fraction of sp³-hybridized carbons (Fsp3) is 0.714. The lowest BCUT2D eigenvalue weighted by Gasteiger charge is -2.27. The first-order valence-corrected chi connectivity index (χ1v) is 6.98. The largest absolute Gasteiger partial charge is 0.310 e. The maximum Gasteiger partial charge on any atom is 0.254 e. The molecule has 1 fully saturated rings. The van der Waals surface area contributed by atoms with Crippen molar-refractivity contribution in [3.63, 3.8) is 0 Å². The SMILES string of the molecule is CC(C)c1nc2c(c(=O)[nH]1)CCN(CC1CC1)C2. The van der Waals surface area contributed by atoms with Crippen LogP contribution in [0.2, 0.25) is 0 Å². The smallest absolute Gasteiger partial charge is 0.254 e. The molecule has 1 aliphatic heterocycles. The van der Waals surface area contributed by atoms with Gasteiger partial charge in [-0.15, -0.1) is 0 Å². The second-order valence-corrected chi connectivity index (χ2v) is 5.96. The molecule has 2 heterocycles. The number of hydrogen-bond donors (Lipinski definition) is 1.